The Labute approximate surface area is 486 Å². The van der Waals surface area contributed by atoms with Gasteiger partial charge in [0, 0.05) is 38.9 Å². The van der Waals surface area contributed by atoms with Crippen molar-refractivity contribution in [2.24, 2.45) is 38.8 Å². The summed E-state index contributed by atoms with van der Waals surface area (Å²) in [5, 5.41) is 5.33. The standard InChI is InChI=1S/C53H81N9O22/c1-6-20-73-22-24-75-26-27-76-25-23-74-21-16-40(64)62(19-14-10-11-15-41(65)83-44(38-30-77-52(69)81-38)43-32(2)34(60-49(54)55)28-36(79-43)47(66)71-4)18-13-9-7-8-12-17-58-51(68)84-45(39-31-78-53(70)82-39)46-42(59-33(3)63)35(61-50(56)57)29-37(80-46)48(67)72-5/h1,28-29,32,34-35,38-39,42-46H,7-27,30-31H2,2-5H3,(H,58,68)(H,59,63)(H4,54,55,60)(H4,56,57,61)/t32-,34+,35+,38-,39-,42-,43-,44-,45-,46-/m1/s1. The maximum atomic E-state index is 13.6. The molecule has 0 aliphatic carbocycles. The Morgan fingerprint density at radius 3 is 1.70 bits per heavy atom. The first-order valence-electron chi connectivity index (χ1n) is 27.6. The van der Waals surface area contributed by atoms with E-state index < -0.39 is 109 Å². The smallest absolute Gasteiger partial charge is 0.479 e. The van der Waals surface area contributed by atoms with E-state index in [9.17, 15) is 38.4 Å². The molecule has 4 heterocycles. The average molecular weight is 1200 g/mol. The molecule has 10 N–H and O–H groups in total. The SMILES string of the molecule is C#CCOCCOCCOCCOCCC(=O)N(CCCCCCCNC(=O)O[C@@H]([C@@H]1OC(C(=O)OC)=C[C@H](N=C(N)N)[C@H]1NC(C)=O)[C@H]1COC(=O)O1)CCCCCC(=O)O[C@@H]([C@@H]1OC(C(=O)OC)=C[C@H](N=C(N)N)[C@H]1C)[C@H]1COC(=O)O1. The van der Waals surface area contributed by atoms with Crippen LogP contribution < -0.4 is 33.6 Å². The van der Waals surface area contributed by atoms with Crippen LogP contribution >= 0.6 is 0 Å². The van der Waals surface area contributed by atoms with Crippen molar-refractivity contribution in [3.8, 4) is 12.3 Å². The van der Waals surface area contributed by atoms with Crippen molar-refractivity contribution >= 4 is 60.0 Å². The molecule has 0 aromatic carbocycles. The number of esters is 3. The molecule has 4 aliphatic rings. The Morgan fingerprint density at radius 2 is 1.17 bits per heavy atom. The number of aliphatic imine (C=N–C) groups is 2. The van der Waals surface area contributed by atoms with Crippen molar-refractivity contribution in [2.75, 3.05) is 99.9 Å². The third-order valence-electron chi connectivity index (χ3n) is 13.1. The number of amides is 3. The summed E-state index contributed by atoms with van der Waals surface area (Å²) < 4.78 is 75.6. The van der Waals surface area contributed by atoms with E-state index >= 15 is 0 Å². The summed E-state index contributed by atoms with van der Waals surface area (Å²) >= 11 is 0. The number of unbranched alkanes of at least 4 members (excludes halogenated alkanes) is 6. The molecule has 0 unspecified atom stereocenters. The van der Waals surface area contributed by atoms with E-state index in [0.717, 1.165) is 27.1 Å². The highest BCUT2D eigenvalue weighted by atomic mass is 16.8. The minimum absolute atomic E-state index is 0.0459. The predicted octanol–water partition coefficient (Wildman–Crippen LogP) is -0.171. The molecule has 31 nitrogen and oxygen atoms in total. The minimum Gasteiger partial charge on any atom is -0.479 e. The number of nitrogens with zero attached hydrogens (tertiary/aromatic N) is 3. The molecule has 2 fully saturated rings. The topological polar surface area (TPSA) is 422 Å². The maximum absolute atomic E-state index is 13.6. The van der Waals surface area contributed by atoms with Crippen molar-refractivity contribution < 1.29 is 105 Å². The molecule has 2 saturated heterocycles. The van der Waals surface area contributed by atoms with Gasteiger partial charge in [-0.15, -0.1) is 6.42 Å². The van der Waals surface area contributed by atoms with Crippen molar-refractivity contribution in [1.82, 2.24) is 15.5 Å². The van der Waals surface area contributed by atoms with E-state index in [2.05, 4.69) is 26.5 Å². The van der Waals surface area contributed by atoms with E-state index in [0.29, 0.717) is 84.6 Å². The van der Waals surface area contributed by atoms with Gasteiger partial charge < -0.3 is 105 Å². The lowest BCUT2D eigenvalue weighted by Gasteiger charge is -2.39. The van der Waals surface area contributed by atoms with Crippen LogP contribution in [0.1, 0.15) is 78.1 Å². The fourth-order valence-corrected chi connectivity index (χ4v) is 9.06. The van der Waals surface area contributed by atoms with Crippen LogP contribution in [0.2, 0.25) is 0 Å². The first kappa shape index (κ1) is 68.7. The average Bonchev–Trinajstić information content (AvgIpc) is 4.17. The third-order valence-corrected chi connectivity index (χ3v) is 13.1. The summed E-state index contributed by atoms with van der Waals surface area (Å²) in [6.45, 7) is 5.72. The number of alkyl carbamates (subject to hydrolysis) is 1. The molecule has 470 valence electrons. The molecule has 10 atom stereocenters. The predicted molar refractivity (Wildman–Crippen MR) is 291 cm³/mol. The van der Waals surface area contributed by atoms with Crippen LogP contribution in [0.4, 0.5) is 14.4 Å². The fourth-order valence-electron chi connectivity index (χ4n) is 9.06. The first-order chi connectivity index (χ1) is 40.3. The molecule has 31 heteroatoms. The number of ether oxygens (including phenoxy) is 14. The number of carbonyl (C=O) groups is 8. The summed E-state index contributed by atoms with van der Waals surface area (Å²) in [5.41, 5.74) is 22.7. The van der Waals surface area contributed by atoms with Gasteiger partial charge in [0.05, 0.1) is 85.0 Å². The normalized spacial score (nSPS) is 22.1. The van der Waals surface area contributed by atoms with E-state index in [1.807, 2.05) is 0 Å². The van der Waals surface area contributed by atoms with Gasteiger partial charge in [0.15, 0.2) is 42.4 Å². The molecule has 0 bridgehead atoms. The van der Waals surface area contributed by atoms with Crippen molar-refractivity contribution in [3.05, 3.63) is 23.7 Å². The lowest BCUT2D eigenvalue weighted by atomic mass is 9.87. The summed E-state index contributed by atoms with van der Waals surface area (Å²) in [5.74, 6) is -2.51. The van der Waals surface area contributed by atoms with Crippen LogP contribution in [0.5, 0.6) is 0 Å². The number of carbonyl (C=O) groups excluding carboxylic acids is 8. The number of methoxy groups -OCH3 is 2. The van der Waals surface area contributed by atoms with Crippen molar-refractivity contribution in [2.45, 2.75) is 133 Å². The van der Waals surface area contributed by atoms with Gasteiger partial charge in [-0.1, -0.05) is 38.5 Å². The van der Waals surface area contributed by atoms with Gasteiger partial charge in [-0.05, 0) is 37.8 Å². The van der Waals surface area contributed by atoms with Crippen LogP contribution in [-0.2, 0) is 90.3 Å². The largest absolute Gasteiger partial charge is 0.508 e. The van der Waals surface area contributed by atoms with Gasteiger partial charge in [-0.25, -0.2) is 34.0 Å². The van der Waals surface area contributed by atoms with Gasteiger partial charge >= 0.3 is 36.3 Å². The molecule has 84 heavy (non-hydrogen) atoms. The number of nitrogens with one attached hydrogen (secondary N) is 2. The highest BCUT2D eigenvalue weighted by Gasteiger charge is 2.51. The van der Waals surface area contributed by atoms with Gasteiger partial charge in [0.1, 0.15) is 25.9 Å². The van der Waals surface area contributed by atoms with Crippen molar-refractivity contribution in [1.29, 1.82) is 0 Å². The Bertz CT molecular complexity index is 2340. The first-order valence-corrected chi connectivity index (χ1v) is 27.6. The van der Waals surface area contributed by atoms with Gasteiger partial charge in [0.25, 0.3) is 0 Å². The van der Waals surface area contributed by atoms with E-state index in [1.54, 1.807) is 11.8 Å². The highest BCUT2D eigenvalue weighted by molar-refractivity contribution is 5.87. The molecule has 0 saturated carbocycles. The molecule has 4 aliphatic heterocycles. The molecule has 3 amide bonds. The number of hydrogen-bond acceptors (Lipinski definition) is 24. The second-order valence-electron chi connectivity index (χ2n) is 19.4. The molecule has 0 radical (unpaired) electrons. The number of cyclic esters (lactones) is 4. The summed E-state index contributed by atoms with van der Waals surface area (Å²) in [4.78, 5) is 112. The second kappa shape index (κ2) is 37.4. The van der Waals surface area contributed by atoms with Crippen LogP contribution in [0.25, 0.3) is 0 Å². The quantitative estimate of drug-likeness (QED) is 0.0117. The molecular formula is C53H81N9O22. The molecule has 0 aromatic heterocycles. The number of guanidine groups is 2. The number of terminal acetylenes is 1. The Balaban J connectivity index is 1.29. The minimum atomic E-state index is -1.46. The van der Waals surface area contributed by atoms with Crippen LogP contribution in [-0.4, -0.2) is 220 Å². The molecule has 0 aromatic rings. The Morgan fingerprint density at radius 1 is 0.667 bits per heavy atom. The van der Waals surface area contributed by atoms with E-state index in [1.165, 1.54) is 19.1 Å². The summed E-state index contributed by atoms with van der Waals surface area (Å²) in [7, 11) is 2.27. The monoisotopic (exact) mass is 1200 g/mol. The zero-order valence-corrected chi connectivity index (χ0v) is 47.9. The van der Waals surface area contributed by atoms with Gasteiger partial charge in [0.2, 0.25) is 23.3 Å². The van der Waals surface area contributed by atoms with Crippen LogP contribution in [0, 0.1) is 18.3 Å². The van der Waals surface area contributed by atoms with Crippen LogP contribution in [0.15, 0.2) is 33.7 Å². The number of rotatable bonds is 38. The molecular weight excluding hydrogens is 1110 g/mol. The number of nitrogens with two attached hydrogens (primary N) is 4. The zero-order valence-electron chi connectivity index (χ0n) is 47.9. The number of hydrogen-bond donors (Lipinski definition) is 6. The molecule has 0 spiro atoms. The Kier molecular flexibility index (Phi) is 30.6. The van der Waals surface area contributed by atoms with Crippen molar-refractivity contribution in [3.63, 3.8) is 0 Å². The van der Waals surface area contributed by atoms with Gasteiger partial charge in [-0.2, -0.15) is 0 Å². The fraction of sp³-hybridized carbons (Fsp3) is 0.698. The van der Waals surface area contributed by atoms with Crippen LogP contribution in [0.3, 0.4) is 0 Å². The zero-order chi connectivity index (χ0) is 61.4. The highest BCUT2D eigenvalue weighted by Crippen LogP contribution is 2.34. The van der Waals surface area contributed by atoms with E-state index in [4.69, 9.17) is 95.7 Å². The van der Waals surface area contributed by atoms with E-state index in [-0.39, 0.29) is 75.8 Å². The third kappa shape index (κ3) is 24.2. The summed E-state index contributed by atoms with van der Waals surface area (Å²) in [6, 6.07) is -3.04. The van der Waals surface area contributed by atoms with Gasteiger partial charge in [-0.3, -0.25) is 14.4 Å². The lowest BCUT2D eigenvalue weighted by Crippen LogP contribution is -2.61. The summed E-state index contributed by atoms with van der Waals surface area (Å²) in [6.07, 6.45) is 2.19. The maximum Gasteiger partial charge on any atom is 0.508 e. The Hall–Kier alpha value is -7.82. The molecule has 4 rings (SSSR count). The lowest BCUT2D eigenvalue weighted by molar-refractivity contribution is -0.171. The second-order valence-corrected chi connectivity index (χ2v) is 19.4.